The molecule has 3 unspecified atom stereocenters. The second-order valence-electron chi connectivity index (χ2n) is 9.12. The van der Waals surface area contributed by atoms with Gasteiger partial charge in [0.15, 0.2) is 0 Å². The molecule has 3 atom stereocenters. The molecule has 33 heavy (non-hydrogen) atoms. The molecule has 1 aromatic carbocycles. The Morgan fingerprint density at radius 1 is 1.18 bits per heavy atom. The maximum absolute atomic E-state index is 12.9. The second-order valence-corrected chi connectivity index (χ2v) is 9.12. The van der Waals surface area contributed by atoms with E-state index in [4.69, 9.17) is 15.2 Å². The number of carbonyl (C=O) groups is 2. The van der Waals surface area contributed by atoms with Gasteiger partial charge in [-0.1, -0.05) is 26.0 Å². The quantitative estimate of drug-likeness (QED) is 0.241. The first-order valence-electron chi connectivity index (χ1n) is 11.8. The summed E-state index contributed by atoms with van der Waals surface area (Å²) < 4.78 is 10.9. The Morgan fingerprint density at radius 2 is 1.85 bits per heavy atom. The lowest BCUT2D eigenvalue weighted by molar-refractivity contribution is -0.121. The molecule has 2 amide bonds. The summed E-state index contributed by atoms with van der Waals surface area (Å²) in [5, 5.41) is 13.5. The molecule has 0 radical (unpaired) electrons. The van der Waals surface area contributed by atoms with Crippen LogP contribution in [0, 0.1) is 11.8 Å². The molecule has 188 valence electrons. The van der Waals surface area contributed by atoms with E-state index in [2.05, 4.69) is 19.2 Å². The van der Waals surface area contributed by atoms with E-state index in [0.717, 1.165) is 19.3 Å². The number of rotatable bonds is 17. The van der Waals surface area contributed by atoms with Crippen LogP contribution >= 0.6 is 0 Å². The van der Waals surface area contributed by atoms with E-state index in [1.807, 2.05) is 26.0 Å². The number of benzene rings is 1. The number of nitrogens with two attached hydrogens (primary N) is 1. The van der Waals surface area contributed by atoms with E-state index in [9.17, 15) is 14.7 Å². The summed E-state index contributed by atoms with van der Waals surface area (Å²) in [6, 6.07) is 6.69. The van der Waals surface area contributed by atoms with Crippen LogP contribution < -0.4 is 15.8 Å². The van der Waals surface area contributed by atoms with Crippen molar-refractivity contribution in [2.75, 3.05) is 33.4 Å². The Labute approximate surface area is 198 Å². The molecule has 8 heteroatoms. The molecule has 0 fully saturated rings. The van der Waals surface area contributed by atoms with Gasteiger partial charge in [0.1, 0.15) is 5.75 Å². The fourth-order valence-electron chi connectivity index (χ4n) is 3.45. The Hall–Kier alpha value is -2.16. The first-order valence-corrected chi connectivity index (χ1v) is 11.8. The molecular formula is C25H43N3O5. The third kappa shape index (κ3) is 10.5. The van der Waals surface area contributed by atoms with Crippen LogP contribution in [0.3, 0.4) is 0 Å². The number of hydrogen-bond acceptors (Lipinski definition) is 6. The van der Waals surface area contributed by atoms with Crippen molar-refractivity contribution in [3.05, 3.63) is 29.8 Å². The zero-order valence-corrected chi connectivity index (χ0v) is 20.8. The Bertz CT molecular complexity index is 698. The third-order valence-electron chi connectivity index (χ3n) is 5.87. The number of ether oxygens (including phenoxy) is 2. The first-order chi connectivity index (χ1) is 15.7. The van der Waals surface area contributed by atoms with Crippen molar-refractivity contribution in [3.8, 4) is 5.75 Å². The highest BCUT2D eigenvalue weighted by Crippen LogP contribution is 2.21. The molecule has 1 rings (SSSR count). The standard InChI is InChI=1S/C25H43N3O5/c1-18(2)20(14-22(26)23(30)16-28(17-29)19(3)4)15-27-25(31)21-10-6-7-11-24(21)33-13-9-8-12-32-5/h6-7,10-11,17-20,22-23,30H,8-9,12-16,26H2,1-5H3,(H,27,31). The van der Waals surface area contributed by atoms with Crippen LogP contribution in [0.1, 0.15) is 57.3 Å². The van der Waals surface area contributed by atoms with E-state index in [1.165, 1.54) is 4.90 Å². The summed E-state index contributed by atoms with van der Waals surface area (Å²) >= 11 is 0. The molecule has 1 aromatic rings. The number of hydrogen-bond donors (Lipinski definition) is 3. The average molecular weight is 466 g/mol. The zero-order chi connectivity index (χ0) is 24.8. The molecule has 0 saturated heterocycles. The monoisotopic (exact) mass is 465 g/mol. The van der Waals surface area contributed by atoms with Crippen LogP contribution in [-0.4, -0.2) is 73.9 Å². The number of amides is 2. The predicted molar refractivity (Wildman–Crippen MR) is 130 cm³/mol. The summed E-state index contributed by atoms with van der Waals surface area (Å²) in [6.45, 7) is 9.74. The predicted octanol–water partition coefficient (Wildman–Crippen LogP) is 2.44. The highest BCUT2D eigenvalue weighted by molar-refractivity contribution is 5.96. The van der Waals surface area contributed by atoms with Gasteiger partial charge >= 0.3 is 0 Å². The van der Waals surface area contributed by atoms with E-state index in [-0.39, 0.29) is 30.3 Å². The van der Waals surface area contributed by atoms with Crippen molar-refractivity contribution in [2.45, 2.75) is 65.1 Å². The number of methoxy groups -OCH3 is 1. The minimum absolute atomic E-state index is 0.00759. The van der Waals surface area contributed by atoms with Crippen LogP contribution in [0.5, 0.6) is 5.75 Å². The number of para-hydroxylation sites is 1. The highest BCUT2D eigenvalue weighted by Gasteiger charge is 2.25. The maximum Gasteiger partial charge on any atom is 0.255 e. The van der Waals surface area contributed by atoms with E-state index >= 15 is 0 Å². The summed E-state index contributed by atoms with van der Waals surface area (Å²) in [5.41, 5.74) is 6.75. The van der Waals surface area contributed by atoms with Gasteiger partial charge < -0.3 is 30.5 Å². The molecule has 0 bridgehead atoms. The van der Waals surface area contributed by atoms with Crippen molar-refractivity contribution in [3.63, 3.8) is 0 Å². The van der Waals surface area contributed by atoms with E-state index < -0.39 is 12.1 Å². The van der Waals surface area contributed by atoms with Crippen LogP contribution in [0.25, 0.3) is 0 Å². The molecule has 8 nitrogen and oxygen atoms in total. The third-order valence-corrected chi connectivity index (χ3v) is 5.87. The van der Waals surface area contributed by atoms with Gasteiger partial charge in [-0.3, -0.25) is 9.59 Å². The van der Waals surface area contributed by atoms with Gasteiger partial charge in [0.05, 0.1) is 18.3 Å². The number of carbonyl (C=O) groups excluding carboxylic acids is 2. The van der Waals surface area contributed by atoms with Crippen molar-refractivity contribution < 1.29 is 24.2 Å². The average Bonchev–Trinajstić information content (AvgIpc) is 2.79. The van der Waals surface area contributed by atoms with Gasteiger partial charge in [0.2, 0.25) is 6.41 Å². The highest BCUT2D eigenvalue weighted by atomic mass is 16.5. The van der Waals surface area contributed by atoms with Crippen LogP contribution in [0.4, 0.5) is 0 Å². The van der Waals surface area contributed by atoms with Crippen LogP contribution in [0.15, 0.2) is 24.3 Å². The summed E-state index contributed by atoms with van der Waals surface area (Å²) in [5.74, 6) is 0.685. The lowest BCUT2D eigenvalue weighted by atomic mass is 9.87. The summed E-state index contributed by atoms with van der Waals surface area (Å²) in [7, 11) is 1.67. The Morgan fingerprint density at radius 3 is 2.45 bits per heavy atom. The van der Waals surface area contributed by atoms with Gasteiger partial charge in [-0.25, -0.2) is 0 Å². The van der Waals surface area contributed by atoms with Crippen molar-refractivity contribution >= 4 is 12.3 Å². The van der Waals surface area contributed by atoms with Gasteiger partial charge in [-0.15, -0.1) is 0 Å². The number of unbranched alkanes of at least 4 members (excludes halogenated alkanes) is 1. The Kier molecular flexibility index (Phi) is 13.7. The molecule has 0 spiro atoms. The van der Waals surface area contributed by atoms with Crippen molar-refractivity contribution in [1.82, 2.24) is 10.2 Å². The first kappa shape index (κ1) is 28.9. The van der Waals surface area contributed by atoms with Gasteiger partial charge in [0.25, 0.3) is 5.91 Å². The molecule has 4 N–H and O–H groups in total. The number of aliphatic hydroxyl groups is 1. The molecule has 0 aliphatic rings. The van der Waals surface area contributed by atoms with Crippen molar-refractivity contribution in [2.24, 2.45) is 17.6 Å². The molecule has 0 aliphatic carbocycles. The van der Waals surface area contributed by atoms with Crippen molar-refractivity contribution in [1.29, 1.82) is 0 Å². The lowest BCUT2D eigenvalue weighted by Gasteiger charge is -2.30. The molecule has 0 heterocycles. The number of aliphatic hydroxyl groups excluding tert-OH is 1. The minimum Gasteiger partial charge on any atom is -0.493 e. The largest absolute Gasteiger partial charge is 0.493 e. The zero-order valence-electron chi connectivity index (χ0n) is 20.8. The number of nitrogens with zero attached hydrogens (tertiary/aromatic N) is 1. The minimum atomic E-state index is -0.832. The second kappa shape index (κ2) is 15.6. The van der Waals surface area contributed by atoms with E-state index in [0.29, 0.717) is 37.5 Å². The molecule has 0 saturated carbocycles. The van der Waals surface area contributed by atoms with Crippen LogP contribution in [-0.2, 0) is 9.53 Å². The fourth-order valence-corrected chi connectivity index (χ4v) is 3.45. The summed E-state index contributed by atoms with van der Waals surface area (Å²) in [4.78, 5) is 25.6. The number of nitrogens with one attached hydrogen (secondary N) is 1. The SMILES string of the molecule is COCCCCOc1ccccc1C(=O)NCC(CC(N)C(O)CN(C=O)C(C)C)C(C)C. The maximum atomic E-state index is 12.9. The van der Waals surface area contributed by atoms with Gasteiger partial charge in [-0.05, 0) is 57.1 Å². The molecule has 0 aromatic heterocycles. The normalized spacial score (nSPS) is 14.1. The van der Waals surface area contributed by atoms with Gasteiger partial charge in [0, 0.05) is 38.9 Å². The lowest BCUT2D eigenvalue weighted by Crippen LogP contribution is -2.47. The molecule has 0 aliphatic heterocycles. The Balaban J connectivity index is 2.66. The topological polar surface area (TPSA) is 114 Å². The van der Waals surface area contributed by atoms with Gasteiger partial charge in [-0.2, -0.15) is 0 Å². The van der Waals surface area contributed by atoms with E-state index in [1.54, 1.807) is 19.2 Å². The summed E-state index contributed by atoms with van der Waals surface area (Å²) in [6.07, 6.45) is 2.17. The molecular weight excluding hydrogens is 422 g/mol. The smallest absolute Gasteiger partial charge is 0.255 e. The van der Waals surface area contributed by atoms with Crippen LogP contribution in [0.2, 0.25) is 0 Å². The fraction of sp³-hybridized carbons (Fsp3) is 0.680.